The number of hydrogen-bond acceptors (Lipinski definition) is 3. The predicted molar refractivity (Wildman–Crippen MR) is 68.3 cm³/mol. The summed E-state index contributed by atoms with van der Waals surface area (Å²) >= 11 is 8.42. The van der Waals surface area contributed by atoms with Gasteiger partial charge in [0.25, 0.3) is 0 Å². The maximum atomic E-state index is 5.41. The molecule has 0 atom stereocenters. The molecule has 0 aliphatic rings. The summed E-state index contributed by atoms with van der Waals surface area (Å²) < 4.78 is 5.41. The zero-order valence-corrected chi connectivity index (χ0v) is 10.1. The van der Waals surface area contributed by atoms with E-state index in [2.05, 4.69) is 25.3 Å². The zero-order valence-electron chi connectivity index (χ0n) is 8.32. The number of hydrogen-bond donors (Lipinski definition) is 2. The van der Waals surface area contributed by atoms with Crippen molar-refractivity contribution in [3.05, 3.63) is 34.7 Å². The van der Waals surface area contributed by atoms with Crippen LogP contribution in [0.15, 0.2) is 23.6 Å². The second-order valence-electron chi connectivity index (χ2n) is 2.92. The topological polar surface area (TPSA) is 9.23 Å². The molecule has 14 heavy (non-hydrogen) atoms. The fourth-order valence-corrected chi connectivity index (χ4v) is 1.58. The molecule has 76 valence electrons. The average Bonchev–Trinajstić information content (AvgIpc) is 2.20. The van der Waals surface area contributed by atoms with E-state index in [4.69, 9.17) is 4.74 Å². The molecule has 3 heteroatoms. The Morgan fingerprint density at radius 1 is 1.50 bits per heavy atom. The molecule has 0 bridgehead atoms. The first-order valence-corrected chi connectivity index (χ1v) is 5.42. The number of aryl methyl sites for hydroxylation is 1. The van der Waals surface area contributed by atoms with Crippen molar-refractivity contribution in [1.29, 1.82) is 0 Å². The van der Waals surface area contributed by atoms with Crippen LogP contribution in [0.2, 0.25) is 0 Å². The number of ether oxygens (including phenoxy) is 1. The first-order chi connectivity index (χ1) is 6.69. The smallest absolute Gasteiger partial charge is 0.119 e. The van der Waals surface area contributed by atoms with Gasteiger partial charge in [0.05, 0.1) is 6.61 Å². The van der Waals surface area contributed by atoms with Crippen LogP contribution in [0.3, 0.4) is 0 Å². The molecule has 0 aromatic heterocycles. The molecule has 1 aromatic rings. The Balaban J connectivity index is 3.08. The fourth-order valence-electron chi connectivity index (χ4n) is 1.20. The molecular formula is C11H14OS2. The Hall–Kier alpha value is -0.540. The third kappa shape index (κ3) is 2.72. The maximum Gasteiger partial charge on any atom is 0.119 e. The minimum Gasteiger partial charge on any atom is -0.494 e. The second kappa shape index (κ2) is 5.37. The first kappa shape index (κ1) is 11.5. The molecule has 0 spiro atoms. The third-order valence-electron chi connectivity index (χ3n) is 1.92. The van der Waals surface area contributed by atoms with Gasteiger partial charge in [0.1, 0.15) is 5.75 Å². The second-order valence-corrected chi connectivity index (χ2v) is 3.66. The van der Waals surface area contributed by atoms with Crippen LogP contribution in [-0.4, -0.2) is 6.61 Å². The fraction of sp³-hybridized carbons (Fsp3) is 0.273. The Labute approximate surface area is 96.0 Å². The van der Waals surface area contributed by atoms with Crippen LogP contribution in [0.4, 0.5) is 0 Å². The van der Waals surface area contributed by atoms with E-state index >= 15 is 0 Å². The lowest BCUT2D eigenvalue weighted by atomic mass is 10.1. The summed E-state index contributed by atoms with van der Waals surface area (Å²) in [5.74, 6) is 0.870. The van der Waals surface area contributed by atoms with Crippen LogP contribution in [-0.2, 0) is 0 Å². The molecule has 1 rings (SSSR count). The Morgan fingerprint density at radius 2 is 2.21 bits per heavy atom. The van der Waals surface area contributed by atoms with E-state index in [1.54, 1.807) is 5.41 Å². The quantitative estimate of drug-likeness (QED) is 0.749. The SMILES string of the molecule is CCOc1ccc(C)c(C(S)=CS)c1. The molecule has 0 radical (unpaired) electrons. The van der Waals surface area contributed by atoms with Gasteiger partial charge in [-0.15, -0.1) is 12.6 Å². The minimum absolute atomic E-state index is 0.676. The normalized spacial score (nSPS) is 11.6. The van der Waals surface area contributed by atoms with Crippen molar-refractivity contribution in [3.8, 4) is 5.75 Å². The van der Waals surface area contributed by atoms with Gasteiger partial charge in [-0.3, -0.25) is 0 Å². The molecule has 0 aliphatic heterocycles. The standard InChI is InChI=1S/C11H14OS2/c1-3-12-9-5-4-8(2)10(6-9)11(14)7-13/h4-7,13-14H,3H2,1-2H3. The van der Waals surface area contributed by atoms with Crippen LogP contribution in [0, 0.1) is 6.92 Å². The minimum atomic E-state index is 0.676. The van der Waals surface area contributed by atoms with E-state index in [0.717, 1.165) is 16.2 Å². The number of benzene rings is 1. The summed E-state index contributed by atoms with van der Waals surface area (Å²) in [6.07, 6.45) is 0. The van der Waals surface area contributed by atoms with Crippen molar-refractivity contribution >= 4 is 30.2 Å². The maximum absolute atomic E-state index is 5.41. The van der Waals surface area contributed by atoms with E-state index in [1.807, 2.05) is 32.0 Å². The summed E-state index contributed by atoms with van der Waals surface area (Å²) in [5, 5.41) is 1.68. The van der Waals surface area contributed by atoms with Crippen molar-refractivity contribution in [2.24, 2.45) is 0 Å². The Kier molecular flexibility index (Phi) is 4.42. The van der Waals surface area contributed by atoms with Crippen molar-refractivity contribution < 1.29 is 4.74 Å². The number of rotatable bonds is 3. The van der Waals surface area contributed by atoms with E-state index in [-0.39, 0.29) is 0 Å². The molecule has 0 heterocycles. The van der Waals surface area contributed by atoms with Gasteiger partial charge in [-0.25, -0.2) is 0 Å². The molecule has 0 saturated carbocycles. The highest BCUT2D eigenvalue weighted by molar-refractivity contribution is 7.92. The van der Waals surface area contributed by atoms with Crippen LogP contribution >= 0.6 is 25.3 Å². The average molecular weight is 226 g/mol. The lowest BCUT2D eigenvalue weighted by Gasteiger charge is -2.08. The molecule has 0 amide bonds. The van der Waals surface area contributed by atoms with Gasteiger partial charge >= 0.3 is 0 Å². The molecular weight excluding hydrogens is 212 g/mol. The van der Waals surface area contributed by atoms with E-state index < -0.39 is 0 Å². The number of thiol groups is 2. The van der Waals surface area contributed by atoms with Gasteiger partial charge in [-0.1, -0.05) is 6.07 Å². The van der Waals surface area contributed by atoms with Crippen molar-refractivity contribution in [1.82, 2.24) is 0 Å². The van der Waals surface area contributed by atoms with Crippen molar-refractivity contribution in [3.63, 3.8) is 0 Å². The van der Waals surface area contributed by atoms with Crippen molar-refractivity contribution in [2.75, 3.05) is 6.61 Å². The summed E-state index contributed by atoms with van der Waals surface area (Å²) in [6.45, 7) is 4.68. The zero-order chi connectivity index (χ0) is 10.6. The van der Waals surface area contributed by atoms with Gasteiger partial charge in [-0.2, -0.15) is 12.6 Å². The highest BCUT2D eigenvalue weighted by atomic mass is 32.1. The van der Waals surface area contributed by atoms with Gasteiger partial charge in [0.2, 0.25) is 0 Å². The molecule has 0 unspecified atom stereocenters. The molecule has 0 N–H and O–H groups in total. The monoisotopic (exact) mass is 226 g/mol. The van der Waals surface area contributed by atoms with Gasteiger partial charge < -0.3 is 4.74 Å². The predicted octanol–water partition coefficient (Wildman–Crippen LogP) is 3.55. The summed E-state index contributed by atoms with van der Waals surface area (Å²) in [5.41, 5.74) is 2.23. The summed E-state index contributed by atoms with van der Waals surface area (Å²) in [7, 11) is 0. The van der Waals surface area contributed by atoms with E-state index in [9.17, 15) is 0 Å². The van der Waals surface area contributed by atoms with E-state index in [1.165, 1.54) is 5.56 Å². The summed E-state index contributed by atoms with van der Waals surface area (Å²) in [6, 6.07) is 5.96. The van der Waals surface area contributed by atoms with Crippen LogP contribution < -0.4 is 4.74 Å². The molecule has 0 saturated heterocycles. The van der Waals surface area contributed by atoms with E-state index in [0.29, 0.717) is 6.61 Å². The highest BCUT2D eigenvalue weighted by Crippen LogP contribution is 2.26. The van der Waals surface area contributed by atoms with Crippen LogP contribution in [0.25, 0.3) is 4.91 Å². The molecule has 0 aliphatic carbocycles. The first-order valence-electron chi connectivity index (χ1n) is 4.46. The molecule has 1 nitrogen and oxygen atoms in total. The Morgan fingerprint density at radius 3 is 2.79 bits per heavy atom. The summed E-state index contributed by atoms with van der Waals surface area (Å²) in [4.78, 5) is 0.854. The molecule has 1 aromatic carbocycles. The van der Waals surface area contributed by atoms with Crippen LogP contribution in [0.1, 0.15) is 18.1 Å². The largest absolute Gasteiger partial charge is 0.494 e. The lowest BCUT2D eigenvalue weighted by molar-refractivity contribution is 0.340. The van der Waals surface area contributed by atoms with Gasteiger partial charge in [0.15, 0.2) is 0 Å². The van der Waals surface area contributed by atoms with Gasteiger partial charge in [0, 0.05) is 4.91 Å². The highest BCUT2D eigenvalue weighted by Gasteiger charge is 2.02. The van der Waals surface area contributed by atoms with Crippen molar-refractivity contribution in [2.45, 2.75) is 13.8 Å². The van der Waals surface area contributed by atoms with Gasteiger partial charge in [-0.05, 0) is 42.5 Å². The Bertz CT molecular complexity index is 345. The molecule has 0 fully saturated rings. The third-order valence-corrected chi connectivity index (χ3v) is 2.75. The lowest BCUT2D eigenvalue weighted by Crippen LogP contribution is -1.93. The van der Waals surface area contributed by atoms with Crippen LogP contribution in [0.5, 0.6) is 5.75 Å².